The zero-order valence-corrected chi connectivity index (χ0v) is 16.0. The van der Waals surface area contributed by atoms with E-state index < -0.39 is 35.9 Å². The molecule has 0 aliphatic rings. The third-order valence-corrected chi connectivity index (χ3v) is 4.20. The van der Waals surface area contributed by atoms with Crippen molar-refractivity contribution < 1.29 is 19.5 Å². The molecule has 0 radical (unpaired) electrons. The lowest BCUT2D eigenvalue weighted by atomic mass is 10.0. The SMILES string of the molecule is NCCCC[C@H](NC(=O)[C@H](CCCCN)NC(=O)[C@H](N)CCCN)C(=O)O. The molecule has 0 aromatic rings. The van der Waals surface area contributed by atoms with Crippen LogP contribution in [0.4, 0.5) is 0 Å². The highest BCUT2D eigenvalue weighted by Gasteiger charge is 2.27. The summed E-state index contributed by atoms with van der Waals surface area (Å²) >= 11 is 0. The average Bonchev–Trinajstić information content (AvgIpc) is 2.64. The first-order valence-electron chi connectivity index (χ1n) is 9.56. The van der Waals surface area contributed by atoms with Gasteiger partial charge < -0.3 is 38.7 Å². The normalized spacial score (nSPS) is 14.2. The Bertz CT molecular complexity index is 449. The van der Waals surface area contributed by atoms with Gasteiger partial charge in [-0.15, -0.1) is 0 Å². The first-order valence-corrected chi connectivity index (χ1v) is 9.56. The van der Waals surface area contributed by atoms with Crippen LogP contribution in [0, 0.1) is 0 Å². The summed E-state index contributed by atoms with van der Waals surface area (Å²) in [6.45, 7) is 1.35. The molecule has 0 heterocycles. The van der Waals surface area contributed by atoms with Crippen molar-refractivity contribution in [3.8, 4) is 0 Å². The van der Waals surface area contributed by atoms with Gasteiger partial charge in [-0.1, -0.05) is 0 Å². The van der Waals surface area contributed by atoms with Gasteiger partial charge in [0, 0.05) is 0 Å². The molecule has 0 bridgehead atoms. The van der Waals surface area contributed by atoms with Gasteiger partial charge in [0.2, 0.25) is 11.8 Å². The summed E-state index contributed by atoms with van der Waals surface area (Å²) in [7, 11) is 0. The second-order valence-electron chi connectivity index (χ2n) is 6.57. The summed E-state index contributed by atoms with van der Waals surface area (Å²) in [5, 5.41) is 14.4. The van der Waals surface area contributed by atoms with Crippen molar-refractivity contribution >= 4 is 17.8 Å². The lowest BCUT2D eigenvalue weighted by molar-refractivity contribution is -0.142. The Morgan fingerprint density at radius 2 is 1.19 bits per heavy atom. The summed E-state index contributed by atoms with van der Waals surface area (Å²) in [4.78, 5) is 36.1. The number of rotatable bonds is 16. The van der Waals surface area contributed by atoms with Crippen LogP contribution >= 0.6 is 0 Å². The fourth-order valence-electron chi connectivity index (χ4n) is 2.53. The molecular formula is C17H36N6O4. The number of hydrogen-bond donors (Lipinski definition) is 7. The van der Waals surface area contributed by atoms with E-state index in [0.717, 1.165) is 0 Å². The molecule has 11 N–H and O–H groups in total. The van der Waals surface area contributed by atoms with Gasteiger partial charge in [0.25, 0.3) is 0 Å². The maximum atomic E-state index is 12.6. The topological polar surface area (TPSA) is 200 Å². The van der Waals surface area contributed by atoms with E-state index in [-0.39, 0.29) is 6.42 Å². The maximum Gasteiger partial charge on any atom is 0.326 e. The van der Waals surface area contributed by atoms with Gasteiger partial charge in [-0.05, 0) is 71.0 Å². The lowest BCUT2D eigenvalue weighted by Crippen LogP contribution is -2.54. The molecule has 0 aromatic carbocycles. The minimum absolute atomic E-state index is 0.276. The highest BCUT2D eigenvalue weighted by Crippen LogP contribution is 2.06. The Morgan fingerprint density at radius 1 is 0.704 bits per heavy atom. The molecule has 158 valence electrons. The van der Waals surface area contributed by atoms with E-state index >= 15 is 0 Å². The van der Waals surface area contributed by atoms with Crippen LogP contribution < -0.4 is 33.6 Å². The van der Waals surface area contributed by atoms with E-state index in [1.807, 2.05) is 0 Å². The molecule has 0 rings (SSSR count). The summed E-state index contributed by atoms with van der Waals surface area (Å²) < 4.78 is 0. The molecule has 10 heteroatoms. The van der Waals surface area contributed by atoms with Gasteiger partial charge in [-0.2, -0.15) is 0 Å². The van der Waals surface area contributed by atoms with Crippen LogP contribution in [0.3, 0.4) is 0 Å². The fourth-order valence-corrected chi connectivity index (χ4v) is 2.53. The minimum Gasteiger partial charge on any atom is -0.480 e. The number of nitrogens with two attached hydrogens (primary N) is 4. The zero-order valence-electron chi connectivity index (χ0n) is 16.0. The number of carbonyl (C=O) groups is 3. The quantitative estimate of drug-likeness (QED) is 0.153. The van der Waals surface area contributed by atoms with Crippen molar-refractivity contribution in [1.29, 1.82) is 0 Å². The van der Waals surface area contributed by atoms with Gasteiger partial charge in [-0.25, -0.2) is 4.79 Å². The van der Waals surface area contributed by atoms with Crippen LogP contribution in [0.5, 0.6) is 0 Å². The Labute approximate surface area is 160 Å². The third-order valence-electron chi connectivity index (χ3n) is 4.20. The number of carbonyl (C=O) groups excluding carboxylic acids is 2. The van der Waals surface area contributed by atoms with Gasteiger partial charge in [0.1, 0.15) is 12.1 Å². The number of unbranched alkanes of at least 4 members (excludes halogenated alkanes) is 2. The Morgan fingerprint density at radius 3 is 1.67 bits per heavy atom. The lowest BCUT2D eigenvalue weighted by Gasteiger charge is -2.23. The van der Waals surface area contributed by atoms with Crippen LogP contribution in [0.25, 0.3) is 0 Å². The van der Waals surface area contributed by atoms with Gasteiger partial charge in [-0.3, -0.25) is 9.59 Å². The molecule has 0 saturated carbocycles. The molecule has 0 fully saturated rings. The van der Waals surface area contributed by atoms with E-state index in [0.29, 0.717) is 64.6 Å². The van der Waals surface area contributed by atoms with Crippen molar-refractivity contribution in [2.45, 2.75) is 69.5 Å². The Hall–Kier alpha value is -1.75. The highest BCUT2D eigenvalue weighted by molar-refractivity contribution is 5.91. The number of carboxylic acids is 1. The summed E-state index contributed by atoms with van der Waals surface area (Å²) in [6.07, 6.45) is 4.21. The molecule has 10 nitrogen and oxygen atoms in total. The number of aliphatic carboxylic acids is 1. The Balaban J connectivity index is 4.88. The molecule has 0 unspecified atom stereocenters. The predicted octanol–water partition coefficient (Wildman–Crippen LogP) is -1.64. The molecule has 0 aromatic heterocycles. The van der Waals surface area contributed by atoms with E-state index in [1.54, 1.807) is 0 Å². The van der Waals surface area contributed by atoms with Gasteiger partial charge in [0.05, 0.1) is 6.04 Å². The third kappa shape index (κ3) is 11.5. The van der Waals surface area contributed by atoms with Gasteiger partial charge in [0.15, 0.2) is 0 Å². The van der Waals surface area contributed by atoms with Crippen LogP contribution in [0.1, 0.15) is 51.4 Å². The number of carboxylic acid groups (broad SMARTS) is 1. The van der Waals surface area contributed by atoms with E-state index in [9.17, 15) is 19.5 Å². The number of hydrogen-bond acceptors (Lipinski definition) is 7. The second-order valence-corrected chi connectivity index (χ2v) is 6.57. The van der Waals surface area contributed by atoms with Crippen LogP contribution in [0.2, 0.25) is 0 Å². The van der Waals surface area contributed by atoms with E-state index in [4.69, 9.17) is 22.9 Å². The highest BCUT2D eigenvalue weighted by atomic mass is 16.4. The molecule has 0 aliphatic heterocycles. The molecule has 0 aliphatic carbocycles. The average molecular weight is 389 g/mol. The number of nitrogens with one attached hydrogen (secondary N) is 2. The standard InChI is InChI=1S/C17H36N6O4/c18-9-3-1-7-13(22-15(24)12(21)6-5-11-20)16(25)23-14(17(26)27)8-2-4-10-19/h12-14H,1-11,18-21H2,(H,22,24)(H,23,25)(H,26,27)/t12-,13+,14+/m1/s1. The van der Waals surface area contributed by atoms with Crippen LogP contribution in [-0.2, 0) is 14.4 Å². The summed E-state index contributed by atoms with van der Waals surface area (Å²) in [6, 6.07) is -2.65. The summed E-state index contributed by atoms with van der Waals surface area (Å²) in [5.41, 5.74) is 22.1. The van der Waals surface area contributed by atoms with Crippen molar-refractivity contribution in [3.63, 3.8) is 0 Å². The molecule has 0 saturated heterocycles. The maximum absolute atomic E-state index is 12.6. The molecular weight excluding hydrogens is 352 g/mol. The smallest absolute Gasteiger partial charge is 0.326 e. The van der Waals surface area contributed by atoms with E-state index in [1.165, 1.54) is 0 Å². The summed E-state index contributed by atoms with van der Waals surface area (Å²) in [5.74, 6) is -2.11. The van der Waals surface area contributed by atoms with Crippen molar-refractivity contribution in [2.24, 2.45) is 22.9 Å². The molecule has 2 amide bonds. The van der Waals surface area contributed by atoms with Gasteiger partial charge >= 0.3 is 5.97 Å². The Kier molecular flexibility index (Phi) is 14.3. The van der Waals surface area contributed by atoms with Crippen LogP contribution in [0.15, 0.2) is 0 Å². The number of amides is 2. The van der Waals surface area contributed by atoms with E-state index in [2.05, 4.69) is 10.6 Å². The predicted molar refractivity (Wildman–Crippen MR) is 104 cm³/mol. The molecule has 27 heavy (non-hydrogen) atoms. The largest absolute Gasteiger partial charge is 0.480 e. The van der Waals surface area contributed by atoms with Crippen molar-refractivity contribution in [2.75, 3.05) is 19.6 Å². The second kappa shape index (κ2) is 15.3. The minimum atomic E-state index is -1.12. The van der Waals surface area contributed by atoms with Crippen molar-refractivity contribution in [3.05, 3.63) is 0 Å². The first kappa shape index (κ1) is 25.2. The molecule has 3 atom stereocenters. The fraction of sp³-hybridized carbons (Fsp3) is 0.824. The zero-order chi connectivity index (χ0) is 20.7. The van der Waals surface area contributed by atoms with Crippen molar-refractivity contribution in [1.82, 2.24) is 10.6 Å². The van der Waals surface area contributed by atoms with Crippen LogP contribution in [-0.4, -0.2) is 60.6 Å². The monoisotopic (exact) mass is 388 g/mol. The molecule has 0 spiro atoms. The first-order chi connectivity index (χ1) is 12.9.